The zero-order valence-electron chi connectivity index (χ0n) is 26.9. The van der Waals surface area contributed by atoms with Gasteiger partial charge in [-0.05, 0) is 73.7 Å². The summed E-state index contributed by atoms with van der Waals surface area (Å²) >= 11 is 0. The molecule has 0 saturated heterocycles. The fourth-order valence-electron chi connectivity index (χ4n) is 6.76. The number of hydrogen-bond donors (Lipinski definition) is 0. The minimum atomic E-state index is 0.712. The highest BCUT2D eigenvalue weighted by atomic mass is 14.9. The molecule has 3 heterocycles. The maximum atomic E-state index is 8.97. The SMILES string of the molecule is Cc1ccc2c(c1)c1cc(C#N)ccc1n2C.Cn1c2ccccc2c2cc(C#N)ccc21.Cn1c2ccccc2c2ccccc21. The second-order valence-electron chi connectivity index (χ2n) is 11.9. The highest BCUT2D eigenvalue weighted by molar-refractivity contribution is 6.10. The average Bonchev–Trinajstić information content (AvgIpc) is 3.69. The van der Waals surface area contributed by atoms with Crippen LogP contribution in [0.25, 0.3) is 65.4 Å². The van der Waals surface area contributed by atoms with Gasteiger partial charge in [-0.2, -0.15) is 10.5 Å². The van der Waals surface area contributed by atoms with Crippen molar-refractivity contribution in [1.82, 2.24) is 13.7 Å². The van der Waals surface area contributed by atoms with Crippen LogP contribution in [0.3, 0.4) is 0 Å². The third-order valence-corrected chi connectivity index (χ3v) is 9.15. The molecule has 0 spiro atoms. The molecule has 226 valence electrons. The van der Waals surface area contributed by atoms with Crippen molar-refractivity contribution in [1.29, 1.82) is 10.5 Å². The van der Waals surface area contributed by atoms with Crippen LogP contribution in [0.5, 0.6) is 0 Å². The summed E-state index contributed by atoms with van der Waals surface area (Å²) in [6.45, 7) is 2.09. The van der Waals surface area contributed by atoms with Crippen molar-refractivity contribution in [2.24, 2.45) is 21.1 Å². The van der Waals surface area contributed by atoms with Crippen LogP contribution in [0, 0.1) is 29.6 Å². The summed E-state index contributed by atoms with van der Waals surface area (Å²) in [7, 11) is 6.23. The standard InChI is InChI=1S/C15H12N2.C14H10N2.C13H11N/c1-10-3-5-14-12(7-10)13-8-11(9-16)4-6-15(13)17(14)2;1-16-13-5-3-2-4-11(13)12-8-10(9-15)6-7-14(12)16;1-14-12-8-4-2-6-10(12)11-7-3-5-9-13(11)14/h3-8H,1-2H3;2-8H,1H3;2-9H,1H3. The van der Waals surface area contributed by atoms with Gasteiger partial charge in [-0.1, -0.05) is 66.2 Å². The molecule has 6 aromatic carbocycles. The lowest BCUT2D eigenvalue weighted by molar-refractivity contribution is 1.01. The molecule has 0 bridgehead atoms. The fraction of sp³-hybridized carbons (Fsp3) is 0.0952. The van der Waals surface area contributed by atoms with Gasteiger partial charge in [-0.25, -0.2) is 0 Å². The van der Waals surface area contributed by atoms with E-state index in [9.17, 15) is 0 Å². The van der Waals surface area contributed by atoms with Gasteiger partial charge in [0.05, 0.1) is 23.3 Å². The molecule has 0 unspecified atom stereocenters. The van der Waals surface area contributed by atoms with Crippen LogP contribution in [-0.2, 0) is 21.1 Å². The van der Waals surface area contributed by atoms with Gasteiger partial charge in [-0.15, -0.1) is 0 Å². The lowest BCUT2D eigenvalue weighted by Gasteiger charge is -1.97. The summed E-state index contributed by atoms with van der Waals surface area (Å²) in [5, 5.41) is 25.3. The second kappa shape index (κ2) is 11.9. The Labute approximate surface area is 273 Å². The Morgan fingerprint density at radius 3 is 1.13 bits per heavy atom. The molecule has 0 saturated carbocycles. The van der Waals surface area contributed by atoms with Crippen molar-refractivity contribution in [2.45, 2.75) is 6.92 Å². The van der Waals surface area contributed by atoms with E-state index in [1.54, 1.807) is 0 Å². The van der Waals surface area contributed by atoms with Gasteiger partial charge in [-0.3, -0.25) is 0 Å². The van der Waals surface area contributed by atoms with E-state index in [0.29, 0.717) is 11.1 Å². The maximum absolute atomic E-state index is 8.97. The smallest absolute Gasteiger partial charge is 0.0991 e. The molecule has 0 atom stereocenters. The summed E-state index contributed by atoms with van der Waals surface area (Å²) in [5.41, 5.74) is 10.0. The lowest BCUT2D eigenvalue weighted by Crippen LogP contribution is -1.86. The molecule has 3 aromatic heterocycles. The number of aryl methyl sites for hydroxylation is 4. The average molecular weight is 608 g/mol. The van der Waals surface area contributed by atoms with E-state index in [1.165, 1.54) is 60.2 Å². The Balaban J connectivity index is 0.000000113. The van der Waals surface area contributed by atoms with Gasteiger partial charge >= 0.3 is 0 Å². The van der Waals surface area contributed by atoms with E-state index >= 15 is 0 Å². The zero-order valence-corrected chi connectivity index (χ0v) is 26.9. The lowest BCUT2D eigenvalue weighted by atomic mass is 10.1. The quantitative estimate of drug-likeness (QED) is 0.172. The summed E-state index contributed by atoms with van der Waals surface area (Å²) in [6, 6.07) is 47.8. The predicted octanol–water partition coefficient (Wildman–Crippen LogP) is 10.0. The number of rotatable bonds is 0. The molecule has 0 aliphatic carbocycles. The molecule has 0 radical (unpaired) electrons. The molecule has 9 rings (SSSR count). The molecule has 5 nitrogen and oxygen atoms in total. The number of fused-ring (bicyclic) bond motifs is 9. The predicted molar refractivity (Wildman–Crippen MR) is 195 cm³/mol. The van der Waals surface area contributed by atoms with Crippen molar-refractivity contribution in [3.05, 3.63) is 144 Å². The molecule has 0 amide bonds. The molecule has 0 fully saturated rings. The van der Waals surface area contributed by atoms with Gasteiger partial charge < -0.3 is 13.7 Å². The van der Waals surface area contributed by atoms with E-state index in [4.69, 9.17) is 10.5 Å². The maximum Gasteiger partial charge on any atom is 0.0991 e. The van der Waals surface area contributed by atoms with Crippen LogP contribution in [0.15, 0.2) is 127 Å². The molecule has 0 aliphatic rings. The summed E-state index contributed by atoms with van der Waals surface area (Å²) in [4.78, 5) is 0. The first-order chi connectivity index (χ1) is 22.9. The van der Waals surface area contributed by atoms with Crippen molar-refractivity contribution in [3.63, 3.8) is 0 Å². The van der Waals surface area contributed by atoms with Gasteiger partial charge in [0.25, 0.3) is 0 Å². The number of benzene rings is 6. The molecule has 47 heavy (non-hydrogen) atoms. The molecule has 5 heteroatoms. The van der Waals surface area contributed by atoms with E-state index in [-0.39, 0.29) is 0 Å². The van der Waals surface area contributed by atoms with Crippen molar-refractivity contribution in [3.8, 4) is 12.1 Å². The van der Waals surface area contributed by atoms with Crippen molar-refractivity contribution < 1.29 is 0 Å². The highest BCUT2D eigenvalue weighted by Crippen LogP contribution is 2.30. The van der Waals surface area contributed by atoms with Gasteiger partial charge in [0.2, 0.25) is 0 Å². The first-order valence-electron chi connectivity index (χ1n) is 15.6. The molecule has 9 aromatic rings. The Kier molecular flexibility index (Phi) is 7.44. The molecule has 0 aliphatic heterocycles. The van der Waals surface area contributed by atoms with E-state index in [2.05, 4.69) is 133 Å². The third-order valence-electron chi connectivity index (χ3n) is 9.15. The number of nitrogens with zero attached hydrogens (tertiary/aromatic N) is 5. The van der Waals surface area contributed by atoms with Gasteiger partial charge in [0.1, 0.15) is 0 Å². The Hall–Kier alpha value is -6.30. The van der Waals surface area contributed by atoms with Crippen LogP contribution in [0.4, 0.5) is 0 Å². The van der Waals surface area contributed by atoms with Crippen LogP contribution in [-0.4, -0.2) is 13.7 Å². The zero-order chi connectivity index (χ0) is 32.7. The largest absolute Gasteiger partial charge is 0.344 e. The third kappa shape index (κ3) is 5.05. The number of aromatic nitrogens is 3. The van der Waals surface area contributed by atoms with Crippen molar-refractivity contribution in [2.75, 3.05) is 0 Å². The number of para-hydroxylation sites is 3. The van der Waals surface area contributed by atoms with Crippen molar-refractivity contribution >= 4 is 65.4 Å². The summed E-state index contributed by atoms with van der Waals surface area (Å²) in [6.07, 6.45) is 0. The fourth-order valence-corrected chi connectivity index (χ4v) is 6.76. The van der Waals surface area contributed by atoms with Gasteiger partial charge in [0, 0.05) is 86.6 Å². The first-order valence-corrected chi connectivity index (χ1v) is 15.6. The van der Waals surface area contributed by atoms with Gasteiger partial charge in [0.15, 0.2) is 0 Å². The Morgan fingerprint density at radius 2 is 0.702 bits per heavy atom. The van der Waals surface area contributed by atoms with Crippen LogP contribution in [0.2, 0.25) is 0 Å². The Bertz CT molecular complexity index is 2650. The number of nitriles is 2. The van der Waals surface area contributed by atoms with E-state index in [0.717, 1.165) is 10.8 Å². The highest BCUT2D eigenvalue weighted by Gasteiger charge is 2.09. The second-order valence-corrected chi connectivity index (χ2v) is 11.9. The van der Waals surface area contributed by atoms with Crippen LogP contribution >= 0.6 is 0 Å². The van der Waals surface area contributed by atoms with Crippen LogP contribution < -0.4 is 0 Å². The topological polar surface area (TPSA) is 62.4 Å². The Morgan fingerprint density at radius 1 is 0.383 bits per heavy atom. The monoisotopic (exact) mass is 607 g/mol. The van der Waals surface area contributed by atoms with Crippen LogP contribution in [0.1, 0.15) is 16.7 Å². The van der Waals surface area contributed by atoms with E-state index < -0.39 is 0 Å². The summed E-state index contributed by atoms with van der Waals surface area (Å²) < 4.78 is 6.57. The molecular formula is C42H33N5. The number of hydrogen-bond acceptors (Lipinski definition) is 2. The minimum absolute atomic E-state index is 0.712. The minimum Gasteiger partial charge on any atom is -0.344 e. The first kappa shape index (κ1) is 29.4. The summed E-state index contributed by atoms with van der Waals surface area (Å²) in [5.74, 6) is 0. The molecule has 0 N–H and O–H groups in total. The molecular weight excluding hydrogens is 574 g/mol. The normalized spacial score (nSPS) is 10.9. The van der Waals surface area contributed by atoms with E-state index in [1.807, 2.05) is 48.5 Å².